The number of rotatable bonds is 1. The molecule has 0 saturated heterocycles. The Morgan fingerprint density at radius 1 is 1.04 bits per heavy atom. The molecule has 0 aromatic heterocycles. The summed E-state index contributed by atoms with van der Waals surface area (Å²) in [7, 11) is 0. The van der Waals surface area contributed by atoms with Crippen molar-refractivity contribution in [2.24, 2.45) is 40.4 Å². The zero-order chi connectivity index (χ0) is 18.8. The molecule has 3 nitrogen and oxygen atoms in total. The Balaban J connectivity index is 1.40. The summed E-state index contributed by atoms with van der Waals surface area (Å²) in [6, 6.07) is 0. The predicted octanol–water partition coefficient (Wildman–Crippen LogP) is 5.09. The van der Waals surface area contributed by atoms with Crippen LogP contribution in [0.5, 0.6) is 0 Å². The monoisotopic (exact) mass is 370 g/mol. The van der Waals surface area contributed by atoms with Gasteiger partial charge >= 0.3 is 5.97 Å². The van der Waals surface area contributed by atoms with Crippen molar-refractivity contribution in [3.05, 3.63) is 12.2 Å². The molecule has 8 atom stereocenters. The third-order valence-electron chi connectivity index (χ3n) is 9.78. The molecule has 0 heterocycles. The van der Waals surface area contributed by atoms with Gasteiger partial charge in [-0.05, 0) is 105 Å². The summed E-state index contributed by atoms with van der Waals surface area (Å²) in [4.78, 5) is 24.5. The van der Waals surface area contributed by atoms with E-state index in [1.54, 1.807) is 0 Å². The highest BCUT2D eigenvalue weighted by molar-refractivity contribution is 5.96. The van der Waals surface area contributed by atoms with E-state index in [2.05, 4.69) is 13.0 Å². The van der Waals surface area contributed by atoms with E-state index in [-0.39, 0.29) is 17.5 Å². The summed E-state index contributed by atoms with van der Waals surface area (Å²) in [5.41, 5.74) is 0.376. The maximum atomic E-state index is 13.1. The van der Waals surface area contributed by atoms with Crippen molar-refractivity contribution < 1.29 is 14.3 Å². The van der Waals surface area contributed by atoms with Crippen LogP contribution in [0, 0.1) is 40.4 Å². The smallest absolute Gasteiger partial charge is 0.302 e. The molecule has 1 spiro atoms. The standard InChI is InChI=1S/C24H34O3/c1-15(25)27-18-10-12-23(2)17(14-18)6-8-19-20(23)11-13-24-16(7-9-21(19)24)4-3-5-22(24)26/h3,5,16-21H,4,6-14H2,1-2H3/t16-,17-,18+,19+,20-,21-,23-,24?/m0/s1. The number of carbonyl (C=O) groups is 2. The number of esters is 1. The Morgan fingerprint density at radius 2 is 1.85 bits per heavy atom. The Labute approximate surface area is 163 Å². The summed E-state index contributed by atoms with van der Waals surface area (Å²) in [6.45, 7) is 4.07. The Hall–Kier alpha value is -1.12. The minimum absolute atomic E-state index is 0.00590. The van der Waals surface area contributed by atoms with Crippen molar-refractivity contribution in [1.29, 1.82) is 0 Å². The maximum Gasteiger partial charge on any atom is 0.302 e. The highest BCUT2D eigenvalue weighted by atomic mass is 16.5. The first-order valence-corrected chi connectivity index (χ1v) is 11.3. The number of ketones is 1. The van der Waals surface area contributed by atoms with E-state index >= 15 is 0 Å². The largest absolute Gasteiger partial charge is 0.463 e. The van der Waals surface area contributed by atoms with Crippen molar-refractivity contribution in [2.75, 3.05) is 0 Å². The zero-order valence-corrected chi connectivity index (χ0v) is 16.9. The SMILES string of the molecule is CC(=O)O[C@@H]1CC[C@@]2(C)[C@@H](CC[C@H]3[C@@H]4CC[C@@H]5CC=CC(=O)C54CC[C@@H]32)C1. The molecule has 4 fully saturated rings. The summed E-state index contributed by atoms with van der Waals surface area (Å²) < 4.78 is 5.58. The average Bonchev–Trinajstić information content (AvgIpc) is 3.03. The highest BCUT2D eigenvalue weighted by Crippen LogP contribution is 2.68. The van der Waals surface area contributed by atoms with Crippen LogP contribution in [-0.2, 0) is 14.3 Å². The second-order valence-electron chi connectivity index (χ2n) is 10.5. The zero-order valence-electron chi connectivity index (χ0n) is 16.9. The van der Waals surface area contributed by atoms with E-state index in [1.807, 2.05) is 6.08 Å². The molecular weight excluding hydrogens is 336 g/mol. The molecule has 1 unspecified atom stereocenters. The van der Waals surface area contributed by atoms with Crippen LogP contribution in [0.2, 0.25) is 0 Å². The predicted molar refractivity (Wildman–Crippen MR) is 104 cm³/mol. The maximum absolute atomic E-state index is 13.1. The van der Waals surface area contributed by atoms with Crippen molar-refractivity contribution in [1.82, 2.24) is 0 Å². The molecule has 5 rings (SSSR count). The quantitative estimate of drug-likeness (QED) is 0.604. The summed E-state index contributed by atoms with van der Waals surface area (Å²) >= 11 is 0. The van der Waals surface area contributed by atoms with Gasteiger partial charge in [-0.1, -0.05) is 13.0 Å². The van der Waals surface area contributed by atoms with Crippen molar-refractivity contribution >= 4 is 11.8 Å². The van der Waals surface area contributed by atoms with Gasteiger partial charge in [0.15, 0.2) is 5.78 Å². The van der Waals surface area contributed by atoms with Gasteiger partial charge in [-0.25, -0.2) is 0 Å². The summed E-state index contributed by atoms with van der Waals surface area (Å²) in [6.07, 6.45) is 16.0. The fourth-order valence-electron chi connectivity index (χ4n) is 8.68. The first-order valence-electron chi connectivity index (χ1n) is 11.3. The molecule has 0 N–H and O–H groups in total. The molecule has 0 aromatic rings. The van der Waals surface area contributed by atoms with E-state index in [0.29, 0.717) is 29.0 Å². The summed E-state index contributed by atoms with van der Waals surface area (Å²) in [5, 5.41) is 0. The van der Waals surface area contributed by atoms with Gasteiger partial charge in [0.05, 0.1) is 0 Å². The van der Waals surface area contributed by atoms with Gasteiger partial charge < -0.3 is 4.74 Å². The van der Waals surface area contributed by atoms with Gasteiger partial charge in [-0.2, -0.15) is 0 Å². The number of ether oxygens (including phenoxy) is 1. The van der Waals surface area contributed by atoms with Crippen LogP contribution in [-0.4, -0.2) is 17.9 Å². The van der Waals surface area contributed by atoms with Crippen molar-refractivity contribution in [3.8, 4) is 0 Å². The second-order valence-corrected chi connectivity index (χ2v) is 10.5. The normalized spacial score (nSPS) is 51.0. The van der Waals surface area contributed by atoms with Gasteiger partial charge in [0.25, 0.3) is 0 Å². The topological polar surface area (TPSA) is 43.4 Å². The molecule has 0 aromatic carbocycles. The second kappa shape index (κ2) is 6.19. The molecule has 0 radical (unpaired) electrons. The van der Waals surface area contributed by atoms with Gasteiger partial charge in [-0.15, -0.1) is 0 Å². The van der Waals surface area contributed by atoms with Gasteiger partial charge in [-0.3, -0.25) is 9.59 Å². The molecule has 5 aliphatic carbocycles. The molecule has 27 heavy (non-hydrogen) atoms. The van der Waals surface area contributed by atoms with E-state index < -0.39 is 0 Å². The molecule has 3 heteroatoms. The number of allylic oxidation sites excluding steroid dienone is 2. The lowest BCUT2D eigenvalue weighted by Gasteiger charge is -2.61. The number of hydrogen-bond donors (Lipinski definition) is 0. The highest BCUT2D eigenvalue weighted by Gasteiger charge is 2.64. The van der Waals surface area contributed by atoms with Crippen LogP contribution in [0.3, 0.4) is 0 Å². The lowest BCUT2D eigenvalue weighted by atomic mass is 9.43. The van der Waals surface area contributed by atoms with Gasteiger partial charge in [0, 0.05) is 12.3 Å². The molecular formula is C24H34O3. The number of fused-ring (bicyclic) bond motifs is 4. The van der Waals surface area contributed by atoms with Crippen LogP contribution < -0.4 is 0 Å². The molecule has 5 aliphatic rings. The van der Waals surface area contributed by atoms with Crippen LogP contribution >= 0.6 is 0 Å². The third-order valence-corrected chi connectivity index (χ3v) is 9.78. The first-order chi connectivity index (χ1) is 12.9. The fourth-order valence-corrected chi connectivity index (χ4v) is 8.68. The lowest BCUT2D eigenvalue weighted by molar-refractivity contribution is -0.163. The lowest BCUT2D eigenvalue weighted by Crippen LogP contribution is -2.56. The first kappa shape index (κ1) is 17.9. The molecule has 0 amide bonds. The van der Waals surface area contributed by atoms with E-state index in [4.69, 9.17) is 4.74 Å². The van der Waals surface area contributed by atoms with Gasteiger partial charge in [0.2, 0.25) is 0 Å². The molecule has 0 bridgehead atoms. The van der Waals surface area contributed by atoms with Crippen LogP contribution in [0.15, 0.2) is 12.2 Å². The van der Waals surface area contributed by atoms with Crippen LogP contribution in [0.4, 0.5) is 0 Å². The Kier molecular flexibility index (Phi) is 4.11. The summed E-state index contributed by atoms with van der Waals surface area (Å²) in [5.74, 6) is 3.77. The molecule has 4 saturated carbocycles. The van der Waals surface area contributed by atoms with Gasteiger partial charge in [0.1, 0.15) is 6.10 Å². The molecule has 148 valence electrons. The van der Waals surface area contributed by atoms with E-state index in [0.717, 1.165) is 37.5 Å². The van der Waals surface area contributed by atoms with E-state index in [9.17, 15) is 9.59 Å². The average molecular weight is 371 g/mol. The third kappa shape index (κ3) is 2.45. The van der Waals surface area contributed by atoms with Crippen molar-refractivity contribution in [3.63, 3.8) is 0 Å². The van der Waals surface area contributed by atoms with Crippen LogP contribution in [0.1, 0.15) is 78.1 Å². The Bertz CT molecular complexity index is 681. The minimum Gasteiger partial charge on any atom is -0.463 e. The van der Waals surface area contributed by atoms with E-state index in [1.165, 1.54) is 45.4 Å². The minimum atomic E-state index is -0.127. The number of hydrogen-bond acceptors (Lipinski definition) is 3. The molecule has 0 aliphatic heterocycles. The van der Waals surface area contributed by atoms with Crippen molar-refractivity contribution in [2.45, 2.75) is 84.2 Å². The number of carbonyl (C=O) groups excluding carboxylic acids is 2. The van der Waals surface area contributed by atoms with Crippen LogP contribution in [0.25, 0.3) is 0 Å². The fraction of sp³-hybridized carbons (Fsp3) is 0.833. The Morgan fingerprint density at radius 3 is 2.67 bits per heavy atom.